The van der Waals surface area contributed by atoms with Gasteiger partial charge in [-0.05, 0) is 24.6 Å². The highest BCUT2D eigenvalue weighted by molar-refractivity contribution is 6.31. The molecule has 1 aliphatic rings. The maximum atomic E-state index is 12.4. The third-order valence-electron chi connectivity index (χ3n) is 3.73. The molecule has 0 radical (unpaired) electrons. The minimum atomic E-state index is -0.618. The Kier molecular flexibility index (Phi) is 9.07. The summed E-state index contributed by atoms with van der Waals surface area (Å²) in [7, 11) is 1.64. The van der Waals surface area contributed by atoms with E-state index in [4.69, 9.17) is 16.3 Å². The number of carbonyl (C=O) groups excluding carboxylic acids is 2. The van der Waals surface area contributed by atoms with E-state index in [0.717, 1.165) is 12.2 Å². The summed E-state index contributed by atoms with van der Waals surface area (Å²) < 4.78 is 4.92. The lowest BCUT2D eigenvalue weighted by Gasteiger charge is -2.17. The van der Waals surface area contributed by atoms with Crippen LogP contribution in [0.25, 0.3) is 0 Å². The number of halogens is 2. The van der Waals surface area contributed by atoms with Gasteiger partial charge in [-0.2, -0.15) is 0 Å². The quantitative estimate of drug-likeness (QED) is 0.533. The van der Waals surface area contributed by atoms with E-state index < -0.39 is 5.92 Å². The summed E-state index contributed by atoms with van der Waals surface area (Å²) in [6, 6.07) is 7.11. The van der Waals surface area contributed by atoms with E-state index in [-0.39, 0.29) is 24.2 Å². The van der Waals surface area contributed by atoms with Gasteiger partial charge in [0.1, 0.15) is 5.92 Å². The van der Waals surface area contributed by atoms with Gasteiger partial charge in [0.2, 0.25) is 11.8 Å². The molecule has 1 unspecified atom stereocenters. The summed E-state index contributed by atoms with van der Waals surface area (Å²) in [5, 5.41) is 6.51. The van der Waals surface area contributed by atoms with E-state index >= 15 is 0 Å². The summed E-state index contributed by atoms with van der Waals surface area (Å²) in [5.41, 5.74) is 0.735. The molecule has 1 fully saturated rings. The Morgan fingerprint density at radius 1 is 1.38 bits per heavy atom. The average Bonchev–Trinajstić information content (AvgIpc) is 2.92. The minimum Gasteiger partial charge on any atom is -0.383 e. The molecule has 0 aromatic heterocycles. The van der Waals surface area contributed by atoms with Crippen LogP contribution in [0.15, 0.2) is 24.3 Å². The number of methoxy groups -OCH3 is 1. The molecule has 134 valence electrons. The molecule has 1 aromatic carbocycles. The number of hydrogen-bond donors (Lipinski definition) is 2. The minimum absolute atomic E-state index is 0. The van der Waals surface area contributed by atoms with Gasteiger partial charge in [-0.3, -0.25) is 9.59 Å². The zero-order valence-electron chi connectivity index (χ0n) is 13.6. The number of amides is 2. The summed E-state index contributed by atoms with van der Waals surface area (Å²) in [6.07, 6.45) is 0.522. The SMILES string of the molecule is COCCNCCNC(=O)C1CCN(c2cccc(Cl)c2)C1=O.Cl. The van der Waals surface area contributed by atoms with Crippen molar-refractivity contribution in [2.75, 3.05) is 44.8 Å². The van der Waals surface area contributed by atoms with Gasteiger partial charge in [-0.15, -0.1) is 12.4 Å². The summed E-state index contributed by atoms with van der Waals surface area (Å²) in [4.78, 5) is 26.2. The second kappa shape index (κ2) is 10.5. The fourth-order valence-electron chi connectivity index (χ4n) is 2.52. The zero-order chi connectivity index (χ0) is 16.7. The molecule has 0 spiro atoms. The van der Waals surface area contributed by atoms with Gasteiger partial charge in [-0.25, -0.2) is 0 Å². The molecule has 2 N–H and O–H groups in total. The summed E-state index contributed by atoms with van der Waals surface area (Å²) in [5.74, 6) is -1.00. The molecule has 1 atom stereocenters. The van der Waals surface area contributed by atoms with Crippen molar-refractivity contribution in [3.05, 3.63) is 29.3 Å². The van der Waals surface area contributed by atoms with Gasteiger partial charge >= 0.3 is 0 Å². The number of carbonyl (C=O) groups is 2. The Morgan fingerprint density at radius 3 is 2.88 bits per heavy atom. The van der Waals surface area contributed by atoms with Gasteiger partial charge in [0.15, 0.2) is 0 Å². The molecule has 6 nitrogen and oxygen atoms in total. The topological polar surface area (TPSA) is 70.7 Å². The van der Waals surface area contributed by atoms with Gasteiger partial charge in [-0.1, -0.05) is 17.7 Å². The van der Waals surface area contributed by atoms with E-state index in [1.54, 1.807) is 30.2 Å². The Labute approximate surface area is 153 Å². The standard InChI is InChI=1S/C16H22ClN3O3.ClH/c1-23-10-8-18-6-7-19-15(21)14-5-9-20(16(14)22)13-4-2-3-12(17)11-13;/h2-4,11,14,18H,5-10H2,1H3,(H,19,21);1H. The molecule has 2 amide bonds. The van der Waals surface area contributed by atoms with Crippen molar-refractivity contribution in [2.45, 2.75) is 6.42 Å². The first-order valence-corrected chi connectivity index (χ1v) is 8.05. The van der Waals surface area contributed by atoms with Crippen LogP contribution < -0.4 is 15.5 Å². The lowest BCUT2D eigenvalue weighted by molar-refractivity contribution is -0.132. The first-order chi connectivity index (χ1) is 11.1. The van der Waals surface area contributed by atoms with Crippen LogP contribution in [0.5, 0.6) is 0 Å². The van der Waals surface area contributed by atoms with Crippen LogP contribution in [0.2, 0.25) is 5.02 Å². The van der Waals surface area contributed by atoms with E-state index in [0.29, 0.717) is 37.7 Å². The van der Waals surface area contributed by atoms with Gasteiger partial charge in [0, 0.05) is 44.0 Å². The molecule has 24 heavy (non-hydrogen) atoms. The lowest BCUT2D eigenvalue weighted by Crippen LogP contribution is -2.39. The molecule has 0 bridgehead atoms. The van der Waals surface area contributed by atoms with Crippen LogP contribution in [0.3, 0.4) is 0 Å². The van der Waals surface area contributed by atoms with E-state index in [9.17, 15) is 9.59 Å². The molecule has 1 saturated heterocycles. The Morgan fingerprint density at radius 2 is 2.17 bits per heavy atom. The van der Waals surface area contributed by atoms with E-state index in [1.807, 2.05) is 6.07 Å². The molecule has 0 aliphatic carbocycles. The fraction of sp³-hybridized carbons (Fsp3) is 0.500. The number of nitrogens with zero attached hydrogens (tertiary/aromatic N) is 1. The molecule has 1 heterocycles. The highest BCUT2D eigenvalue weighted by atomic mass is 35.5. The molecule has 1 aliphatic heterocycles. The number of anilines is 1. The van der Waals surface area contributed by atoms with Crippen molar-refractivity contribution in [3.8, 4) is 0 Å². The van der Waals surface area contributed by atoms with Crippen molar-refractivity contribution >= 4 is 41.5 Å². The van der Waals surface area contributed by atoms with E-state index in [1.165, 1.54) is 0 Å². The molecule has 1 aromatic rings. The van der Waals surface area contributed by atoms with Crippen molar-refractivity contribution in [3.63, 3.8) is 0 Å². The maximum Gasteiger partial charge on any atom is 0.239 e. The highest BCUT2D eigenvalue weighted by Crippen LogP contribution is 2.27. The number of nitrogens with one attached hydrogen (secondary N) is 2. The number of benzene rings is 1. The Balaban J connectivity index is 0.00000288. The fourth-order valence-corrected chi connectivity index (χ4v) is 2.70. The van der Waals surface area contributed by atoms with Gasteiger partial charge in [0.05, 0.1) is 6.61 Å². The predicted octanol–water partition coefficient (Wildman–Crippen LogP) is 1.47. The van der Waals surface area contributed by atoms with Crippen LogP contribution in [-0.4, -0.2) is 51.7 Å². The highest BCUT2D eigenvalue weighted by Gasteiger charge is 2.37. The molecule has 0 saturated carbocycles. The maximum absolute atomic E-state index is 12.4. The number of hydrogen-bond acceptors (Lipinski definition) is 4. The first-order valence-electron chi connectivity index (χ1n) is 7.68. The van der Waals surface area contributed by atoms with Crippen LogP contribution in [0.4, 0.5) is 5.69 Å². The van der Waals surface area contributed by atoms with Gasteiger partial charge < -0.3 is 20.3 Å². The summed E-state index contributed by atoms with van der Waals surface area (Å²) in [6.45, 7) is 3.03. The van der Waals surface area contributed by atoms with Crippen molar-refractivity contribution in [1.82, 2.24) is 10.6 Å². The Hall–Kier alpha value is -1.34. The van der Waals surface area contributed by atoms with Crippen LogP contribution >= 0.6 is 24.0 Å². The third-order valence-corrected chi connectivity index (χ3v) is 3.96. The zero-order valence-corrected chi connectivity index (χ0v) is 15.2. The number of ether oxygens (including phenoxy) is 1. The van der Waals surface area contributed by atoms with Crippen molar-refractivity contribution < 1.29 is 14.3 Å². The van der Waals surface area contributed by atoms with Crippen molar-refractivity contribution in [1.29, 1.82) is 0 Å². The smallest absolute Gasteiger partial charge is 0.239 e. The molecule has 2 rings (SSSR count). The Bertz CT molecular complexity index is 557. The average molecular weight is 376 g/mol. The molecular formula is C16H23Cl2N3O3. The second-order valence-corrected chi connectivity index (χ2v) is 5.78. The monoisotopic (exact) mass is 375 g/mol. The third kappa shape index (κ3) is 5.63. The summed E-state index contributed by atoms with van der Waals surface area (Å²) >= 11 is 5.96. The van der Waals surface area contributed by atoms with Crippen LogP contribution in [-0.2, 0) is 14.3 Å². The number of rotatable bonds is 8. The molecule has 8 heteroatoms. The van der Waals surface area contributed by atoms with Crippen LogP contribution in [0.1, 0.15) is 6.42 Å². The second-order valence-electron chi connectivity index (χ2n) is 5.34. The largest absolute Gasteiger partial charge is 0.383 e. The van der Waals surface area contributed by atoms with Gasteiger partial charge in [0.25, 0.3) is 0 Å². The van der Waals surface area contributed by atoms with Crippen LogP contribution in [0, 0.1) is 5.92 Å². The first kappa shape index (κ1) is 20.7. The van der Waals surface area contributed by atoms with Crippen molar-refractivity contribution in [2.24, 2.45) is 5.92 Å². The molecular weight excluding hydrogens is 353 g/mol. The predicted molar refractivity (Wildman–Crippen MR) is 96.9 cm³/mol. The van der Waals surface area contributed by atoms with E-state index in [2.05, 4.69) is 10.6 Å². The normalized spacial score (nSPS) is 16.8. The lowest BCUT2D eigenvalue weighted by atomic mass is 10.1.